The van der Waals surface area contributed by atoms with Crippen LogP contribution in [0.5, 0.6) is 74.7 Å². The van der Waals surface area contributed by atoms with Gasteiger partial charge in [0.25, 0.3) is 0 Å². The van der Waals surface area contributed by atoms with Gasteiger partial charge in [0.1, 0.15) is 74.7 Å². The molecule has 12 rings (SSSR count). The van der Waals surface area contributed by atoms with Gasteiger partial charge in [0.05, 0.1) is 0 Å². The fourth-order valence-corrected chi connectivity index (χ4v) is 10.6. The molecule has 13 heteroatoms. The molecule has 13 N–H and O–H groups in total. The third kappa shape index (κ3) is 21.0. The Labute approximate surface area is 560 Å². The number of aromatic hydroxyl groups is 13. The number of para-hydroxylation sites is 1. The first-order valence-corrected chi connectivity index (χ1v) is 31.4. The maximum atomic E-state index is 10.7. The summed E-state index contributed by atoms with van der Waals surface area (Å²) in [6, 6.07) is 79.4. The number of phenols is 13. The quantitative estimate of drug-likeness (QED) is 0.0480. The summed E-state index contributed by atoms with van der Waals surface area (Å²) in [5, 5.41) is 123. The van der Waals surface area contributed by atoms with Crippen LogP contribution in [-0.2, 0) is 25.7 Å². The van der Waals surface area contributed by atoms with Crippen LogP contribution in [-0.4, -0.2) is 66.4 Å². The lowest BCUT2D eigenvalue weighted by atomic mass is 9.81. The molecular formula is C83H82O13. The van der Waals surface area contributed by atoms with Crippen molar-refractivity contribution in [2.24, 2.45) is 0 Å². The van der Waals surface area contributed by atoms with Crippen molar-refractivity contribution in [2.45, 2.75) is 72.1 Å². The monoisotopic (exact) mass is 1290 g/mol. The van der Waals surface area contributed by atoms with Crippen LogP contribution >= 0.6 is 0 Å². The van der Waals surface area contributed by atoms with Gasteiger partial charge in [-0.3, -0.25) is 0 Å². The highest BCUT2D eigenvalue weighted by atomic mass is 16.3. The summed E-state index contributed by atoms with van der Waals surface area (Å²) >= 11 is 0. The molecule has 96 heavy (non-hydrogen) atoms. The van der Waals surface area contributed by atoms with Gasteiger partial charge in [-0.15, -0.1) is 0 Å². The lowest BCUT2D eigenvalue weighted by molar-refractivity contribution is 0.427. The molecule has 0 radical (unpaired) electrons. The van der Waals surface area contributed by atoms with Crippen LogP contribution < -0.4 is 0 Å². The molecule has 12 aromatic rings. The Bertz CT molecular complexity index is 3950. The van der Waals surface area contributed by atoms with Crippen molar-refractivity contribution < 1.29 is 66.4 Å². The molecule has 0 saturated carbocycles. The number of phenolic OH excluding ortho intramolecular Hbond substituents is 13. The Morgan fingerprint density at radius 3 is 0.760 bits per heavy atom. The maximum absolute atomic E-state index is 10.7. The molecule has 492 valence electrons. The van der Waals surface area contributed by atoms with Gasteiger partial charge in [0.15, 0.2) is 0 Å². The minimum absolute atomic E-state index is 0.0248. The second-order valence-corrected chi connectivity index (χ2v) is 22.5. The van der Waals surface area contributed by atoms with Crippen LogP contribution in [0.4, 0.5) is 0 Å². The molecule has 0 aliphatic carbocycles. The normalized spacial score (nSPS) is 10.4. The first-order chi connectivity index (χ1) is 46.2. The molecular weight excluding hydrogens is 1200 g/mol. The molecule has 12 aromatic carbocycles. The summed E-state index contributed by atoms with van der Waals surface area (Å²) in [7, 11) is 0. The Morgan fingerprint density at radius 1 is 0.250 bits per heavy atom. The van der Waals surface area contributed by atoms with E-state index >= 15 is 0 Å². The lowest BCUT2D eigenvalue weighted by Crippen LogP contribution is -2.06. The third-order valence-electron chi connectivity index (χ3n) is 15.5. The molecule has 0 atom stereocenters. The van der Waals surface area contributed by atoms with Gasteiger partial charge in [-0.25, -0.2) is 0 Å². The van der Waals surface area contributed by atoms with Crippen LogP contribution in [0.1, 0.15) is 112 Å². The van der Waals surface area contributed by atoms with E-state index in [9.17, 15) is 46.0 Å². The minimum atomic E-state index is -0.146. The minimum Gasteiger partial charge on any atom is -0.508 e. The SMILES string of the molecule is CC.CCc1ccc(-c2ccc(CC)cc2)cc1.Cc1cc(Cc2ccc(O)cc2O)c(O)c(Cc2ccc(O)cc2O)c1.Oc1cc(O)cc(O)c1.Oc1ccc(C(c2ccc(O)cc2)c2ccc(C(c3ccc(O)cc3)c3ccc(O)cc3)cc2)cc1.Oc1ccccc1. The van der Waals surface area contributed by atoms with Gasteiger partial charge < -0.3 is 66.4 Å². The molecule has 0 aliphatic heterocycles. The lowest BCUT2D eigenvalue weighted by Gasteiger charge is -2.22. The zero-order valence-corrected chi connectivity index (χ0v) is 54.2. The van der Waals surface area contributed by atoms with Crippen LogP contribution in [0.2, 0.25) is 0 Å². The smallest absolute Gasteiger partial charge is 0.122 e. The van der Waals surface area contributed by atoms with Gasteiger partial charge in [0.2, 0.25) is 0 Å². The number of hydrogen-bond acceptors (Lipinski definition) is 13. The first-order valence-electron chi connectivity index (χ1n) is 31.4. The molecule has 0 heterocycles. The summed E-state index contributed by atoms with van der Waals surface area (Å²) in [5.74, 6) is 0.535. The van der Waals surface area contributed by atoms with Gasteiger partial charge >= 0.3 is 0 Å². The van der Waals surface area contributed by atoms with Crippen molar-refractivity contribution >= 4 is 0 Å². The van der Waals surface area contributed by atoms with E-state index in [1.807, 2.05) is 87.5 Å². The van der Waals surface area contributed by atoms with Gasteiger partial charge in [-0.1, -0.05) is 197 Å². The van der Waals surface area contributed by atoms with E-state index in [1.54, 1.807) is 84.9 Å². The number of aryl methyl sites for hydroxylation is 3. The maximum Gasteiger partial charge on any atom is 0.122 e. The number of hydrogen-bond donors (Lipinski definition) is 13. The fraction of sp³-hybridized carbons (Fsp3) is 0.133. The standard InChI is InChI=1S/C32H26O4.C21H20O5.C16H18.C6H6O3.C6H6O.C2H6/c33-27-13-5-23(6-14-27)31(24-7-15-28(34)16-8-24)21-1-2-22(4-3-21)32(25-9-17-29(35)18-10-25)26-11-19-30(36)20-12-26;1-12-6-15(8-13-2-4-17(22)10-19(13)24)21(26)16(7-12)9-14-3-5-18(23)11-20(14)25;1-3-13-5-9-15(10-6-13)16-11-7-14(4-2)8-12-16;7-4-1-5(8)3-6(9)2-4;7-6-4-2-1-3-5-6;1-2/h1-20,31-36H;2-7,10-11,22-26H,8-9H2,1H3;5-12H,3-4H2,1-2H3;1-3,7-9H;1-5,7H;1-2H3. The van der Waals surface area contributed by atoms with Crippen molar-refractivity contribution in [3.8, 4) is 85.9 Å². The summed E-state index contributed by atoms with van der Waals surface area (Å²) in [6.45, 7) is 10.3. The van der Waals surface area contributed by atoms with Crippen molar-refractivity contribution in [3.63, 3.8) is 0 Å². The fourth-order valence-electron chi connectivity index (χ4n) is 10.6. The molecule has 0 amide bonds. The summed E-state index contributed by atoms with van der Waals surface area (Å²) in [5.41, 5.74) is 15.0. The van der Waals surface area contributed by atoms with Crippen LogP contribution in [0.15, 0.2) is 267 Å². The molecule has 0 fully saturated rings. The van der Waals surface area contributed by atoms with Crippen LogP contribution in [0.25, 0.3) is 11.1 Å². The summed E-state index contributed by atoms with van der Waals surface area (Å²) < 4.78 is 0. The van der Waals surface area contributed by atoms with Crippen LogP contribution in [0, 0.1) is 6.92 Å². The van der Waals surface area contributed by atoms with Crippen molar-refractivity contribution in [2.75, 3.05) is 0 Å². The van der Waals surface area contributed by atoms with E-state index < -0.39 is 0 Å². The van der Waals surface area contributed by atoms with Gasteiger partial charge in [-0.05, 0) is 170 Å². The molecule has 0 aliphatic rings. The largest absolute Gasteiger partial charge is 0.508 e. The van der Waals surface area contributed by atoms with Crippen molar-refractivity contribution in [1.29, 1.82) is 0 Å². The average Bonchev–Trinajstić information content (AvgIpc) is 0.816. The topological polar surface area (TPSA) is 263 Å². The van der Waals surface area contributed by atoms with Crippen LogP contribution in [0.3, 0.4) is 0 Å². The third-order valence-corrected chi connectivity index (χ3v) is 15.5. The Balaban J connectivity index is 0.000000188. The Morgan fingerprint density at radius 2 is 0.510 bits per heavy atom. The highest BCUT2D eigenvalue weighted by Crippen LogP contribution is 2.39. The van der Waals surface area contributed by atoms with E-state index in [0.717, 1.165) is 70.0 Å². The summed E-state index contributed by atoms with van der Waals surface area (Å²) in [4.78, 5) is 0. The van der Waals surface area contributed by atoms with Gasteiger partial charge in [-0.2, -0.15) is 0 Å². The second kappa shape index (κ2) is 35.2. The molecule has 0 saturated heterocycles. The van der Waals surface area contributed by atoms with E-state index in [4.69, 9.17) is 20.4 Å². The molecule has 0 bridgehead atoms. The summed E-state index contributed by atoms with van der Waals surface area (Å²) in [6.07, 6.45) is 2.81. The van der Waals surface area contributed by atoms with Gasteiger partial charge in [0, 0.05) is 55.0 Å². The molecule has 13 nitrogen and oxygen atoms in total. The second-order valence-electron chi connectivity index (χ2n) is 22.5. The zero-order chi connectivity index (χ0) is 69.3. The predicted octanol–water partition coefficient (Wildman–Crippen LogP) is 18.3. The van der Waals surface area contributed by atoms with E-state index in [1.165, 1.54) is 46.5 Å². The highest BCUT2D eigenvalue weighted by Gasteiger charge is 2.21. The number of rotatable bonds is 13. The highest BCUT2D eigenvalue weighted by molar-refractivity contribution is 5.64. The first kappa shape index (κ1) is 71.5. The molecule has 0 spiro atoms. The molecule has 0 aromatic heterocycles. The average molecular weight is 1290 g/mol. The van der Waals surface area contributed by atoms with E-state index in [-0.39, 0.29) is 80.8 Å². The van der Waals surface area contributed by atoms with E-state index in [2.05, 4.69) is 86.6 Å². The number of benzene rings is 12. The zero-order valence-electron chi connectivity index (χ0n) is 54.2. The van der Waals surface area contributed by atoms with E-state index in [0.29, 0.717) is 40.8 Å². The van der Waals surface area contributed by atoms with Crippen molar-refractivity contribution in [1.82, 2.24) is 0 Å². The predicted molar refractivity (Wildman–Crippen MR) is 380 cm³/mol. The van der Waals surface area contributed by atoms with Crippen molar-refractivity contribution in [3.05, 3.63) is 339 Å². The Hall–Kier alpha value is -12.0. The molecule has 0 unspecified atom stereocenters. The Kier molecular flexibility index (Phi) is 26.2.